The van der Waals surface area contributed by atoms with Gasteiger partial charge in [0.1, 0.15) is 23.7 Å². The molecule has 2 N–H and O–H groups in total. The van der Waals surface area contributed by atoms with Crippen LogP contribution in [0.25, 0.3) is 0 Å². The Morgan fingerprint density at radius 3 is 2.94 bits per heavy atom. The highest BCUT2D eigenvalue weighted by atomic mass is 32.2. The van der Waals surface area contributed by atoms with Gasteiger partial charge in [-0.05, 0) is 22.4 Å². The average molecular weight is 542 g/mol. The van der Waals surface area contributed by atoms with Crippen LogP contribution in [0.4, 0.5) is 0 Å². The summed E-state index contributed by atoms with van der Waals surface area (Å²) in [6.07, 6.45) is 0.708. The minimum Gasteiger partial charge on any atom is -0.490 e. The van der Waals surface area contributed by atoms with E-state index in [1.165, 1.54) is 44.9 Å². The van der Waals surface area contributed by atoms with Gasteiger partial charge in [-0.15, -0.1) is 28.6 Å². The van der Waals surface area contributed by atoms with Crippen molar-refractivity contribution in [1.29, 1.82) is 0 Å². The zero-order valence-electron chi connectivity index (χ0n) is 18.9. The summed E-state index contributed by atoms with van der Waals surface area (Å²) in [7, 11) is 1.69. The molecule has 0 aromatic carbocycles. The van der Waals surface area contributed by atoms with Crippen molar-refractivity contribution in [2.45, 2.75) is 29.9 Å². The Hall–Kier alpha value is -2.72. The van der Waals surface area contributed by atoms with Crippen molar-refractivity contribution in [2.24, 2.45) is 12.2 Å². The van der Waals surface area contributed by atoms with Gasteiger partial charge >= 0.3 is 5.97 Å². The number of fused-ring (bicyclic) bond motifs is 1. The fourth-order valence-corrected chi connectivity index (χ4v) is 6.35. The number of nitrogens with zero attached hydrogens (tertiary/aromatic N) is 6. The average Bonchev–Trinajstić information content (AvgIpc) is 3.28. The molecule has 4 heterocycles. The predicted octanol–water partition coefficient (Wildman–Crippen LogP) is 0.428. The number of carboxylic acid groups (broad SMARTS) is 1. The molecule has 35 heavy (non-hydrogen) atoms. The summed E-state index contributed by atoms with van der Waals surface area (Å²) in [4.78, 5) is 44.5. The fraction of sp³-hybridized carbons (Fsp3) is 0.526. The van der Waals surface area contributed by atoms with E-state index >= 15 is 0 Å². The lowest BCUT2D eigenvalue weighted by Gasteiger charge is -2.49. The second kappa shape index (κ2) is 11.3. The van der Waals surface area contributed by atoms with Crippen molar-refractivity contribution in [3.8, 4) is 0 Å². The Bertz CT molecular complexity index is 1100. The maximum Gasteiger partial charge on any atom is 0.352 e. The third-order valence-corrected chi connectivity index (χ3v) is 8.26. The number of β-lactam (4-membered cyclic amide) rings is 1. The molecule has 0 saturated carbocycles. The van der Waals surface area contributed by atoms with Gasteiger partial charge in [0.15, 0.2) is 5.76 Å². The van der Waals surface area contributed by atoms with Crippen molar-refractivity contribution < 1.29 is 29.1 Å². The normalized spacial score (nSPS) is 22.1. The molecule has 16 heteroatoms. The number of nitrogens with one attached hydrogen (secondary N) is 1. The van der Waals surface area contributed by atoms with Crippen LogP contribution in [-0.2, 0) is 31.0 Å². The second-order valence-corrected chi connectivity index (χ2v) is 10.5. The van der Waals surface area contributed by atoms with E-state index in [1.54, 1.807) is 12.5 Å². The van der Waals surface area contributed by atoms with Crippen molar-refractivity contribution in [3.05, 3.63) is 22.4 Å². The maximum atomic E-state index is 13.0. The lowest BCUT2D eigenvalue weighted by Crippen LogP contribution is -2.71. The molecule has 1 fully saturated rings. The van der Waals surface area contributed by atoms with Crippen LogP contribution in [0.3, 0.4) is 0 Å². The van der Waals surface area contributed by atoms with Crippen molar-refractivity contribution >= 4 is 58.8 Å². The SMILES string of the molecule is CCCON=C(C(=O)NC1C(=O)N2C(C(=O)O)=C(CSc3nnnn3C)CS[C@@H]12)C1=CSCCO1. The molecule has 1 aromatic heterocycles. The quantitative estimate of drug-likeness (QED) is 0.138. The first kappa shape index (κ1) is 25.4. The number of ether oxygens (including phenoxy) is 1. The largest absolute Gasteiger partial charge is 0.490 e. The van der Waals surface area contributed by atoms with Gasteiger partial charge in [0.05, 0.1) is 6.61 Å². The van der Waals surface area contributed by atoms with Crippen LogP contribution in [0.5, 0.6) is 0 Å². The molecule has 2 amide bonds. The van der Waals surface area contributed by atoms with Crippen molar-refractivity contribution in [2.75, 3.05) is 30.5 Å². The molecule has 0 bridgehead atoms. The minimum absolute atomic E-state index is 0.0546. The maximum absolute atomic E-state index is 13.0. The van der Waals surface area contributed by atoms with Crippen LogP contribution in [0, 0.1) is 0 Å². The minimum atomic E-state index is -1.20. The first-order chi connectivity index (χ1) is 16.9. The van der Waals surface area contributed by atoms with Gasteiger partial charge in [-0.3, -0.25) is 14.5 Å². The van der Waals surface area contributed by atoms with Crippen LogP contribution in [0.15, 0.2) is 32.7 Å². The number of hydrogen-bond donors (Lipinski definition) is 2. The smallest absolute Gasteiger partial charge is 0.352 e. The third-order valence-electron chi connectivity index (χ3n) is 5.04. The highest BCUT2D eigenvalue weighted by Crippen LogP contribution is 2.41. The van der Waals surface area contributed by atoms with Crippen molar-refractivity contribution in [3.63, 3.8) is 0 Å². The summed E-state index contributed by atoms with van der Waals surface area (Å²) in [5.74, 6) is -0.604. The molecule has 1 saturated heterocycles. The van der Waals surface area contributed by atoms with Crippen LogP contribution in [-0.4, -0.2) is 95.6 Å². The van der Waals surface area contributed by atoms with E-state index in [0.717, 1.165) is 5.75 Å². The van der Waals surface area contributed by atoms with Gasteiger partial charge in [0.25, 0.3) is 11.8 Å². The molecule has 1 aromatic rings. The first-order valence-electron chi connectivity index (χ1n) is 10.6. The topological polar surface area (TPSA) is 161 Å². The molecule has 0 radical (unpaired) electrons. The van der Waals surface area contributed by atoms with Crippen LogP contribution >= 0.6 is 35.3 Å². The lowest BCUT2D eigenvalue weighted by atomic mass is 10.0. The highest BCUT2D eigenvalue weighted by molar-refractivity contribution is 8.02. The van der Waals surface area contributed by atoms with Crippen molar-refractivity contribution in [1.82, 2.24) is 30.4 Å². The van der Waals surface area contributed by atoms with E-state index < -0.39 is 29.2 Å². The Labute approximate surface area is 213 Å². The van der Waals surface area contributed by atoms with Gasteiger partial charge in [0, 0.05) is 29.7 Å². The van der Waals surface area contributed by atoms with Crippen LogP contribution < -0.4 is 5.32 Å². The number of aliphatic carboxylic acids is 1. The Morgan fingerprint density at radius 2 is 2.29 bits per heavy atom. The molecule has 2 atom stereocenters. The van der Waals surface area contributed by atoms with Crippen LogP contribution in [0.2, 0.25) is 0 Å². The Kier molecular flexibility index (Phi) is 8.22. The van der Waals surface area contributed by atoms with Gasteiger partial charge in [-0.2, -0.15) is 0 Å². The molecule has 1 unspecified atom stereocenters. The van der Waals surface area contributed by atoms with E-state index in [9.17, 15) is 19.5 Å². The summed E-state index contributed by atoms with van der Waals surface area (Å²) >= 11 is 4.15. The van der Waals surface area contributed by atoms with E-state index in [1.807, 2.05) is 6.92 Å². The molecule has 0 aliphatic carbocycles. The predicted molar refractivity (Wildman–Crippen MR) is 129 cm³/mol. The second-order valence-electron chi connectivity index (χ2n) is 7.47. The number of carbonyl (C=O) groups excluding carboxylic acids is 2. The summed E-state index contributed by atoms with van der Waals surface area (Å²) in [6.45, 7) is 2.65. The van der Waals surface area contributed by atoms with Crippen LogP contribution in [0.1, 0.15) is 13.3 Å². The number of aryl methyl sites for hydroxylation is 1. The number of amides is 2. The molecule has 4 rings (SSSR count). The molecular weight excluding hydrogens is 518 g/mol. The van der Waals surface area contributed by atoms with E-state index in [-0.39, 0.29) is 17.2 Å². The molecule has 0 spiro atoms. The van der Waals surface area contributed by atoms with Gasteiger partial charge < -0.3 is 20.0 Å². The summed E-state index contributed by atoms with van der Waals surface area (Å²) < 4.78 is 7.04. The molecule has 188 valence electrons. The third kappa shape index (κ3) is 5.43. The number of aromatic nitrogens is 4. The zero-order chi connectivity index (χ0) is 24.9. The summed E-state index contributed by atoms with van der Waals surface area (Å²) in [5, 5.41) is 29.3. The van der Waals surface area contributed by atoms with E-state index in [0.29, 0.717) is 41.9 Å². The Balaban J connectivity index is 1.47. The zero-order valence-corrected chi connectivity index (χ0v) is 21.3. The number of tetrazole rings is 1. The van der Waals surface area contributed by atoms with Gasteiger partial charge in [-0.25, -0.2) is 9.48 Å². The van der Waals surface area contributed by atoms with E-state index in [2.05, 4.69) is 26.0 Å². The number of carbonyl (C=O) groups is 3. The van der Waals surface area contributed by atoms with Gasteiger partial charge in [0.2, 0.25) is 10.9 Å². The number of carboxylic acids is 1. The monoisotopic (exact) mass is 541 g/mol. The molecule has 13 nitrogen and oxygen atoms in total. The van der Waals surface area contributed by atoms with E-state index in [4.69, 9.17) is 9.57 Å². The highest BCUT2D eigenvalue weighted by Gasteiger charge is 2.54. The number of hydrogen-bond acceptors (Lipinski definition) is 12. The molecular formula is C19H23N7O6S3. The summed E-state index contributed by atoms with van der Waals surface area (Å²) in [5.41, 5.74) is 0.459. The number of thioether (sulfide) groups is 3. The standard InChI is InChI=1S/C19H23N7O6S3/c1-3-4-32-22-12(11-9-33-6-5-31-11)15(27)20-13-16(28)26-14(18(29)30)10(7-34-17(13)26)8-35-19-21-23-24-25(19)2/h9,13,17H,3-8H2,1-2H3,(H,20,27)(H,29,30)/t13?,17-/m0/s1. The number of oxime groups is 1. The summed E-state index contributed by atoms with van der Waals surface area (Å²) in [6, 6.07) is -0.896. The lowest BCUT2D eigenvalue weighted by molar-refractivity contribution is -0.150. The molecule has 3 aliphatic rings. The Morgan fingerprint density at radius 1 is 1.46 bits per heavy atom. The van der Waals surface area contributed by atoms with Gasteiger partial charge in [-0.1, -0.05) is 23.8 Å². The molecule has 3 aliphatic heterocycles. The number of rotatable bonds is 10. The first-order valence-corrected chi connectivity index (χ1v) is 13.7. The fourth-order valence-electron chi connectivity index (χ4n) is 3.39.